The van der Waals surface area contributed by atoms with Crippen LogP contribution in [0.4, 0.5) is 0 Å². The molecule has 0 rings (SSSR count). The monoisotopic (exact) mass is 634 g/mol. The van der Waals surface area contributed by atoms with Gasteiger partial charge in [-0.2, -0.15) is 0 Å². The number of allylic oxidation sites excluding steroid dienone is 2. The zero-order valence-corrected chi connectivity index (χ0v) is 27.9. The number of hydrogen-bond acceptors (Lipinski definition) is 9. The topological polar surface area (TPSA) is 142 Å². The second-order valence-electron chi connectivity index (χ2n) is 11.9. The molecule has 0 saturated heterocycles. The number of phosphoric ester groups is 1. The number of carbonyl (C=O) groups excluding carboxylic acids is 4. The number of ketones is 1. The molecule has 0 bridgehead atoms. The van der Waals surface area contributed by atoms with E-state index in [1.54, 1.807) is 0 Å². The highest BCUT2D eigenvalue weighted by molar-refractivity contribution is 7.47. The second-order valence-corrected chi connectivity index (χ2v) is 13.3. The number of hydrogen-bond donors (Lipinski definition) is 1. The Bertz CT molecular complexity index is 856. The number of phosphoric acid groups is 1. The van der Waals surface area contributed by atoms with Crippen LogP contribution >= 0.6 is 7.82 Å². The van der Waals surface area contributed by atoms with Crippen LogP contribution in [0.5, 0.6) is 0 Å². The van der Waals surface area contributed by atoms with E-state index in [0.29, 0.717) is 23.7 Å². The van der Waals surface area contributed by atoms with Crippen molar-refractivity contribution in [2.75, 3.05) is 47.5 Å². The number of nitrogens with zero attached hydrogens (tertiary/aromatic N) is 1. The van der Waals surface area contributed by atoms with Gasteiger partial charge in [0.1, 0.15) is 26.0 Å². The molecular weight excluding hydrogens is 577 g/mol. The first-order valence-corrected chi connectivity index (χ1v) is 17.3. The summed E-state index contributed by atoms with van der Waals surface area (Å²) in [4.78, 5) is 56.5. The van der Waals surface area contributed by atoms with E-state index in [1.165, 1.54) is 57.8 Å². The lowest BCUT2D eigenvalue weighted by molar-refractivity contribution is -0.870. The number of likely N-dealkylation sites (N-methyl/N-ethyl adjacent to an activating group) is 1. The Morgan fingerprint density at radius 3 is 1.86 bits per heavy atom. The maximum Gasteiger partial charge on any atom is 0.472 e. The molecule has 11 nitrogen and oxygen atoms in total. The third kappa shape index (κ3) is 28.6. The summed E-state index contributed by atoms with van der Waals surface area (Å²) in [6.45, 7) is 1.73. The number of carbonyl (C=O) groups is 4. The molecule has 0 aliphatic carbocycles. The molecule has 0 heterocycles. The lowest BCUT2D eigenvalue weighted by Crippen LogP contribution is -2.37. The smallest absolute Gasteiger partial charge is 0.462 e. The molecule has 1 unspecified atom stereocenters. The summed E-state index contributed by atoms with van der Waals surface area (Å²) in [5, 5.41) is 0. The van der Waals surface area contributed by atoms with Crippen molar-refractivity contribution in [2.45, 2.75) is 116 Å². The number of unbranched alkanes of at least 4 members (excludes halogenated alkanes) is 12. The van der Waals surface area contributed by atoms with Crippen molar-refractivity contribution in [3.05, 3.63) is 12.2 Å². The van der Waals surface area contributed by atoms with Gasteiger partial charge >= 0.3 is 19.8 Å². The van der Waals surface area contributed by atoms with Crippen LogP contribution in [-0.4, -0.2) is 87.0 Å². The molecule has 0 amide bonds. The predicted octanol–water partition coefficient (Wildman–Crippen LogP) is 5.87. The van der Waals surface area contributed by atoms with E-state index in [2.05, 4.69) is 6.92 Å². The molecule has 0 spiro atoms. The first-order chi connectivity index (χ1) is 20.4. The summed E-state index contributed by atoms with van der Waals surface area (Å²) in [5.74, 6) is -1.69. The van der Waals surface area contributed by atoms with Crippen molar-refractivity contribution in [3.63, 3.8) is 0 Å². The Hall–Kier alpha value is -1.91. The molecule has 43 heavy (non-hydrogen) atoms. The summed E-state index contributed by atoms with van der Waals surface area (Å²) < 4.78 is 33.3. The summed E-state index contributed by atoms with van der Waals surface area (Å²) in [6, 6.07) is 0. The van der Waals surface area contributed by atoms with Crippen LogP contribution in [0.15, 0.2) is 12.2 Å². The van der Waals surface area contributed by atoms with Gasteiger partial charge in [0.25, 0.3) is 0 Å². The fraction of sp³-hybridized carbons (Fsp3) is 0.806. The molecule has 0 aromatic carbocycles. The van der Waals surface area contributed by atoms with Crippen LogP contribution in [-0.2, 0) is 42.3 Å². The number of rotatable bonds is 29. The molecule has 1 N–H and O–H groups in total. The normalized spacial score (nSPS) is 13.9. The molecule has 0 aliphatic heterocycles. The maximum absolute atomic E-state index is 12.3. The predicted molar refractivity (Wildman–Crippen MR) is 165 cm³/mol. The van der Waals surface area contributed by atoms with Crippen LogP contribution in [0.25, 0.3) is 0 Å². The largest absolute Gasteiger partial charge is 0.472 e. The number of quaternary nitrogens is 1. The van der Waals surface area contributed by atoms with Crippen LogP contribution in [0.1, 0.15) is 110 Å². The molecule has 0 aliphatic rings. The van der Waals surface area contributed by atoms with Gasteiger partial charge < -0.3 is 18.9 Å². The molecular formula is C31H57NO10P+. The van der Waals surface area contributed by atoms with E-state index in [4.69, 9.17) is 18.5 Å². The lowest BCUT2D eigenvalue weighted by atomic mass is 10.0. The highest BCUT2D eigenvalue weighted by atomic mass is 31.2. The van der Waals surface area contributed by atoms with Crippen LogP contribution in [0.3, 0.4) is 0 Å². The van der Waals surface area contributed by atoms with Crippen LogP contribution in [0, 0.1) is 0 Å². The fourth-order valence-corrected chi connectivity index (χ4v) is 4.75. The summed E-state index contributed by atoms with van der Waals surface area (Å²) in [7, 11) is 1.24. The van der Waals surface area contributed by atoms with Gasteiger partial charge in [0.05, 0.1) is 34.2 Å². The third-order valence-electron chi connectivity index (χ3n) is 6.59. The quantitative estimate of drug-likeness (QED) is 0.0265. The van der Waals surface area contributed by atoms with Crippen molar-refractivity contribution < 1.29 is 51.6 Å². The van der Waals surface area contributed by atoms with E-state index in [1.807, 2.05) is 21.1 Å². The molecule has 12 heteroatoms. The summed E-state index contributed by atoms with van der Waals surface area (Å²) in [5.41, 5.74) is 0. The van der Waals surface area contributed by atoms with Crippen molar-refractivity contribution in [1.82, 2.24) is 0 Å². The molecule has 0 fully saturated rings. The Kier molecular flexibility index (Phi) is 24.3. The van der Waals surface area contributed by atoms with Gasteiger partial charge in [-0.05, 0) is 18.6 Å². The Balaban J connectivity index is 4.48. The summed E-state index contributed by atoms with van der Waals surface area (Å²) in [6.07, 6.45) is 16.6. The van der Waals surface area contributed by atoms with E-state index >= 15 is 0 Å². The third-order valence-corrected chi connectivity index (χ3v) is 7.57. The van der Waals surface area contributed by atoms with Gasteiger partial charge in [0.2, 0.25) is 0 Å². The highest BCUT2D eigenvalue weighted by Gasteiger charge is 2.27. The standard InChI is InChI=1S/C31H56NO10P/c1-5-6-7-8-9-10-11-12-13-14-15-16-17-20-30(35)39-26-29(42-31(36)22-21-28(34)19-18-24-33)27-41-43(37,38)40-25-23-32(2,3)4/h18-19,24,29H,5-17,20-23,25-27H2,1-4H3/p+1/b19-18+/t29-/m1/s1. The Morgan fingerprint density at radius 1 is 0.767 bits per heavy atom. The Labute approximate surface area is 258 Å². The minimum Gasteiger partial charge on any atom is -0.462 e. The SMILES string of the molecule is CCCCCCCCCCCCCCCC(=O)OC[C@H](COP(=O)(O)OCC[N+](C)(C)C)OC(=O)CCC(=O)/C=C/C=O. The molecule has 0 saturated carbocycles. The average molecular weight is 635 g/mol. The number of aldehydes is 1. The Morgan fingerprint density at radius 2 is 1.33 bits per heavy atom. The molecule has 250 valence electrons. The molecule has 0 radical (unpaired) electrons. The molecule has 0 aromatic heterocycles. The van der Waals surface area contributed by atoms with Crippen molar-refractivity contribution in [3.8, 4) is 0 Å². The van der Waals surface area contributed by atoms with Crippen molar-refractivity contribution >= 4 is 31.8 Å². The second kappa shape index (κ2) is 25.4. The maximum atomic E-state index is 12.3. The van der Waals surface area contributed by atoms with E-state index in [9.17, 15) is 28.6 Å². The van der Waals surface area contributed by atoms with Crippen LogP contribution in [0.2, 0.25) is 0 Å². The molecule has 2 atom stereocenters. The first kappa shape index (κ1) is 41.1. The number of ether oxygens (including phenoxy) is 2. The van der Waals surface area contributed by atoms with Crippen LogP contribution < -0.4 is 0 Å². The lowest BCUT2D eigenvalue weighted by Gasteiger charge is -2.24. The van der Waals surface area contributed by atoms with E-state index < -0.39 is 38.3 Å². The fourth-order valence-electron chi connectivity index (χ4n) is 4.01. The van der Waals surface area contributed by atoms with Gasteiger partial charge in [-0.25, -0.2) is 4.57 Å². The highest BCUT2D eigenvalue weighted by Crippen LogP contribution is 2.43. The number of esters is 2. The minimum atomic E-state index is -4.45. The zero-order valence-electron chi connectivity index (χ0n) is 27.0. The van der Waals surface area contributed by atoms with Crippen molar-refractivity contribution in [2.24, 2.45) is 0 Å². The minimum absolute atomic E-state index is 0.0355. The molecule has 0 aromatic rings. The summed E-state index contributed by atoms with van der Waals surface area (Å²) >= 11 is 0. The van der Waals surface area contributed by atoms with Gasteiger partial charge in [0, 0.05) is 12.8 Å². The van der Waals surface area contributed by atoms with Gasteiger partial charge in [-0.1, -0.05) is 84.0 Å². The van der Waals surface area contributed by atoms with Crippen molar-refractivity contribution in [1.29, 1.82) is 0 Å². The van der Waals surface area contributed by atoms with E-state index in [0.717, 1.165) is 31.4 Å². The first-order valence-electron chi connectivity index (χ1n) is 15.8. The zero-order chi connectivity index (χ0) is 32.4. The van der Waals surface area contributed by atoms with E-state index in [-0.39, 0.29) is 32.5 Å². The van der Waals surface area contributed by atoms with Gasteiger partial charge in [-0.3, -0.25) is 28.2 Å². The average Bonchev–Trinajstić information content (AvgIpc) is 2.93. The van der Waals surface area contributed by atoms with Gasteiger partial charge in [0.15, 0.2) is 11.9 Å². The van der Waals surface area contributed by atoms with Gasteiger partial charge in [-0.15, -0.1) is 0 Å².